The molecule has 0 aromatic carbocycles. The largest absolute Gasteiger partial charge is 0.294 e. The Kier molecular flexibility index (Phi) is 2.93. The van der Waals surface area contributed by atoms with Gasteiger partial charge >= 0.3 is 0 Å². The normalized spacial score (nSPS) is 18.8. The summed E-state index contributed by atoms with van der Waals surface area (Å²) >= 11 is 0. The van der Waals surface area contributed by atoms with Gasteiger partial charge in [-0.15, -0.1) is 0 Å². The zero-order chi connectivity index (χ0) is 8.93. The summed E-state index contributed by atoms with van der Waals surface area (Å²) in [7, 11) is 0. The fourth-order valence-electron chi connectivity index (χ4n) is 1.71. The third-order valence-electron chi connectivity index (χ3n) is 2.41. The van der Waals surface area contributed by atoms with Crippen molar-refractivity contribution >= 4 is 0 Å². The quantitative estimate of drug-likeness (QED) is 0.684. The Labute approximate surface area is 79.6 Å². The summed E-state index contributed by atoms with van der Waals surface area (Å²) in [5.74, 6) is 0. The van der Waals surface area contributed by atoms with Gasteiger partial charge in [0.1, 0.15) is 0 Å². The van der Waals surface area contributed by atoms with Gasteiger partial charge in [-0.25, -0.2) is 0 Å². The predicted molar refractivity (Wildman–Crippen MR) is 53.1 cm³/mol. The molecule has 2 heterocycles. The zero-order valence-electron chi connectivity index (χ0n) is 7.82. The van der Waals surface area contributed by atoms with E-state index in [0.29, 0.717) is 0 Å². The molecular weight excluding hydrogens is 160 g/mol. The van der Waals surface area contributed by atoms with Gasteiger partial charge in [0, 0.05) is 12.4 Å². The van der Waals surface area contributed by atoms with E-state index < -0.39 is 0 Å². The number of piperidine rings is 1. The molecule has 0 bridgehead atoms. The standard InChI is InChI=1S/C11H15N2/c1-2-7-13(8-3-1)10-11-5-4-6-12-9-11/h4-6,9-10H,1-3,7-8H2. The van der Waals surface area contributed by atoms with Crippen LogP contribution in [0.3, 0.4) is 0 Å². The van der Waals surface area contributed by atoms with E-state index in [-0.39, 0.29) is 0 Å². The number of hydrogen-bond donors (Lipinski definition) is 0. The Morgan fingerprint density at radius 3 is 2.77 bits per heavy atom. The average Bonchev–Trinajstić information content (AvgIpc) is 2.21. The van der Waals surface area contributed by atoms with Crippen LogP contribution in [0.15, 0.2) is 24.5 Å². The number of likely N-dealkylation sites (tertiary alicyclic amines) is 1. The molecule has 0 saturated carbocycles. The number of hydrogen-bond acceptors (Lipinski definition) is 2. The van der Waals surface area contributed by atoms with Crippen molar-refractivity contribution in [1.29, 1.82) is 0 Å². The van der Waals surface area contributed by atoms with E-state index in [0.717, 1.165) is 0 Å². The highest BCUT2D eigenvalue weighted by molar-refractivity contribution is 5.17. The van der Waals surface area contributed by atoms with Gasteiger partial charge in [0.05, 0.1) is 6.54 Å². The van der Waals surface area contributed by atoms with Crippen LogP contribution >= 0.6 is 0 Å². The van der Waals surface area contributed by atoms with Gasteiger partial charge in [0.15, 0.2) is 0 Å². The topological polar surface area (TPSA) is 16.1 Å². The van der Waals surface area contributed by atoms with E-state index >= 15 is 0 Å². The first-order valence-electron chi connectivity index (χ1n) is 4.94. The molecule has 0 atom stereocenters. The summed E-state index contributed by atoms with van der Waals surface area (Å²) < 4.78 is 0. The summed E-state index contributed by atoms with van der Waals surface area (Å²) in [4.78, 5) is 6.48. The monoisotopic (exact) mass is 175 g/mol. The number of rotatable bonds is 2. The second-order valence-electron chi connectivity index (χ2n) is 3.51. The summed E-state index contributed by atoms with van der Waals surface area (Å²) in [5.41, 5.74) is 1.21. The van der Waals surface area contributed by atoms with Crippen molar-refractivity contribution in [3.05, 3.63) is 36.6 Å². The van der Waals surface area contributed by atoms with Crippen LogP contribution in [0, 0.1) is 6.54 Å². The molecule has 1 radical (unpaired) electrons. The lowest BCUT2D eigenvalue weighted by Crippen LogP contribution is -2.27. The average molecular weight is 175 g/mol. The molecule has 0 aliphatic carbocycles. The molecule has 1 aromatic rings. The predicted octanol–water partition coefficient (Wildman–Crippen LogP) is 2.08. The van der Waals surface area contributed by atoms with Crippen molar-refractivity contribution in [2.24, 2.45) is 0 Å². The Bertz CT molecular complexity index is 240. The molecule has 1 aliphatic rings. The maximum atomic E-state index is 4.09. The first-order chi connectivity index (χ1) is 6.45. The van der Waals surface area contributed by atoms with Crippen molar-refractivity contribution in [3.8, 4) is 0 Å². The summed E-state index contributed by atoms with van der Waals surface area (Å²) in [5, 5.41) is 0. The van der Waals surface area contributed by atoms with Gasteiger partial charge in [0.25, 0.3) is 0 Å². The third kappa shape index (κ3) is 2.52. The minimum Gasteiger partial charge on any atom is -0.294 e. The van der Waals surface area contributed by atoms with Gasteiger partial charge in [-0.3, -0.25) is 9.88 Å². The van der Waals surface area contributed by atoms with E-state index in [9.17, 15) is 0 Å². The second-order valence-corrected chi connectivity index (χ2v) is 3.51. The lowest BCUT2D eigenvalue weighted by atomic mass is 10.1. The van der Waals surface area contributed by atoms with Crippen LogP contribution in [0.4, 0.5) is 0 Å². The van der Waals surface area contributed by atoms with Crippen LogP contribution in [0.25, 0.3) is 0 Å². The molecule has 2 rings (SSSR count). The highest BCUT2D eigenvalue weighted by Crippen LogP contribution is 2.13. The molecule has 1 aromatic heterocycles. The number of pyridine rings is 1. The molecule has 13 heavy (non-hydrogen) atoms. The van der Waals surface area contributed by atoms with Gasteiger partial charge < -0.3 is 0 Å². The summed E-state index contributed by atoms with van der Waals surface area (Å²) in [6.07, 6.45) is 7.77. The lowest BCUT2D eigenvalue weighted by molar-refractivity contribution is 0.285. The van der Waals surface area contributed by atoms with Crippen molar-refractivity contribution in [3.63, 3.8) is 0 Å². The zero-order valence-corrected chi connectivity index (χ0v) is 7.82. The van der Waals surface area contributed by atoms with E-state index in [2.05, 4.69) is 22.5 Å². The molecular formula is C11H15N2. The van der Waals surface area contributed by atoms with Crippen molar-refractivity contribution < 1.29 is 0 Å². The Hall–Kier alpha value is -0.890. The molecule has 2 heteroatoms. The lowest BCUT2D eigenvalue weighted by Gasteiger charge is -2.25. The van der Waals surface area contributed by atoms with Gasteiger partial charge in [0.2, 0.25) is 0 Å². The van der Waals surface area contributed by atoms with Crippen molar-refractivity contribution in [2.45, 2.75) is 19.3 Å². The van der Waals surface area contributed by atoms with Crippen LogP contribution in [-0.4, -0.2) is 23.0 Å². The molecule has 1 aliphatic heterocycles. The van der Waals surface area contributed by atoms with Crippen LogP contribution in [0.2, 0.25) is 0 Å². The molecule has 1 saturated heterocycles. The van der Waals surface area contributed by atoms with Gasteiger partial charge in [-0.05, 0) is 37.6 Å². The van der Waals surface area contributed by atoms with E-state index in [1.807, 2.05) is 18.5 Å². The first-order valence-corrected chi connectivity index (χ1v) is 4.94. The smallest absolute Gasteiger partial charge is 0.0561 e. The first kappa shape index (κ1) is 8.70. The van der Waals surface area contributed by atoms with Crippen molar-refractivity contribution in [2.75, 3.05) is 13.1 Å². The van der Waals surface area contributed by atoms with Gasteiger partial charge in [-0.1, -0.05) is 12.5 Å². The van der Waals surface area contributed by atoms with E-state index in [4.69, 9.17) is 0 Å². The van der Waals surface area contributed by atoms with Crippen molar-refractivity contribution in [1.82, 2.24) is 9.88 Å². The van der Waals surface area contributed by atoms with E-state index in [1.165, 1.54) is 37.9 Å². The van der Waals surface area contributed by atoms with Crippen LogP contribution < -0.4 is 0 Å². The van der Waals surface area contributed by atoms with Crippen LogP contribution in [-0.2, 0) is 0 Å². The maximum absolute atomic E-state index is 4.09. The molecule has 2 nitrogen and oxygen atoms in total. The molecule has 69 valence electrons. The minimum atomic E-state index is 1.20. The third-order valence-corrected chi connectivity index (χ3v) is 2.41. The fraction of sp³-hybridized carbons (Fsp3) is 0.455. The Balaban J connectivity index is 1.90. The maximum Gasteiger partial charge on any atom is 0.0561 e. The van der Waals surface area contributed by atoms with Gasteiger partial charge in [-0.2, -0.15) is 0 Å². The minimum absolute atomic E-state index is 1.20. The Morgan fingerprint density at radius 2 is 2.08 bits per heavy atom. The van der Waals surface area contributed by atoms with E-state index in [1.54, 1.807) is 0 Å². The number of aromatic nitrogens is 1. The summed E-state index contributed by atoms with van der Waals surface area (Å²) in [6.45, 7) is 4.62. The SMILES string of the molecule is [CH](c1cccnc1)N1CCCCC1. The van der Waals surface area contributed by atoms with Crippen LogP contribution in [0.1, 0.15) is 24.8 Å². The Morgan fingerprint density at radius 1 is 1.23 bits per heavy atom. The molecule has 0 N–H and O–H groups in total. The molecule has 0 spiro atoms. The number of nitrogens with zero attached hydrogens (tertiary/aromatic N) is 2. The molecule has 0 amide bonds. The summed E-state index contributed by atoms with van der Waals surface area (Å²) in [6, 6.07) is 4.08. The highest BCUT2D eigenvalue weighted by atomic mass is 15.1. The molecule has 0 unspecified atom stereocenters. The highest BCUT2D eigenvalue weighted by Gasteiger charge is 2.10. The fourth-order valence-corrected chi connectivity index (χ4v) is 1.71. The van der Waals surface area contributed by atoms with Crippen LogP contribution in [0.5, 0.6) is 0 Å². The second kappa shape index (κ2) is 4.38. The molecule has 1 fully saturated rings.